The molecule has 3 aromatic rings. The van der Waals surface area contributed by atoms with Crippen LogP contribution >= 0.6 is 0 Å². The van der Waals surface area contributed by atoms with Gasteiger partial charge in [0.2, 0.25) is 0 Å². The maximum absolute atomic E-state index is 13.9. The molecule has 1 saturated heterocycles. The summed E-state index contributed by atoms with van der Waals surface area (Å²) >= 11 is 0. The van der Waals surface area contributed by atoms with Crippen LogP contribution in [-0.4, -0.2) is 41.0 Å². The molecule has 0 amide bonds. The highest BCUT2D eigenvalue weighted by Crippen LogP contribution is 2.24. The summed E-state index contributed by atoms with van der Waals surface area (Å²) in [4.78, 5) is 13.0. The molecule has 28 heavy (non-hydrogen) atoms. The second kappa shape index (κ2) is 8.31. The van der Waals surface area contributed by atoms with Crippen molar-refractivity contribution in [2.45, 2.75) is 6.54 Å². The molecule has 0 saturated carbocycles. The molecule has 0 aliphatic carbocycles. The molecule has 1 aromatic heterocycles. The van der Waals surface area contributed by atoms with Crippen LogP contribution < -0.4 is 10.2 Å². The largest absolute Gasteiger partial charge is 0.354 e. The lowest BCUT2D eigenvalue weighted by Gasteiger charge is -2.35. The van der Waals surface area contributed by atoms with Crippen molar-refractivity contribution in [1.29, 1.82) is 0 Å². The van der Waals surface area contributed by atoms with Crippen LogP contribution in [-0.2, 0) is 6.54 Å². The molecule has 7 heteroatoms. The van der Waals surface area contributed by atoms with Crippen molar-refractivity contribution in [2.24, 2.45) is 0 Å². The average Bonchev–Trinajstić information content (AvgIpc) is 2.72. The maximum atomic E-state index is 13.9. The van der Waals surface area contributed by atoms with Crippen molar-refractivity contribution in [2.75, 3.05) is 36.4 Å². The first-order valence-corrected chi connectivity index (χ1v) is 9.23. The molecule has 5 nitrogen and oxygen atoms in total. The Labute approximate surface area is 162 Å². The second-order valence-corrected chi connectivity index (χ2v) is 6.73. The molecule has 1 aliphatic rings. The Balaban J connectivity index is 1.40. The average molecular weight is 381 g/mol. The van der Waals surface area contributed by atoms with Gasteiger partial charge in [-0.3, -0.25) is 4.90 Å². The number of nitrogens with zero attached hydrogens (tertiary/aromatic N) is 4. The summed E-state index contributed by atoms with van der Waals surface area (Å²) in [6.07, 6.45) is 1.41. The van der Waals surface area contributed by atoms with Crippen LogP contribution in [0.1, 0.15) is 5.56 Å². The van der Waals surface area contributed by atoms with Gasteiger partial charge in [0, 0.05) is 38.8 Å². The van der Waals surface area contributed by atoms with Gasteiger partial charge in [0.05, 0.1) is 0 Å². The lowest BCUT2D eigenvalue weighted by Crippen LogP contribution is -2.46. The van der Waals surface area contributed by atoms with Gasteiger partial charge in [-0.05, 0) is 17.7 Å². The molecule has 0 bridgehead atoms. The van der Waals surface area contributed by atoms with E-state index in [1.807, 2.05) is 6.07 Å². The van der Waals surface area contributed by atoms with Gasteiger partial charge in [0.15, 0.2) is 0 Å². The number of anilines is 3. The molecule has 2 heterocycles. The van der Waals surface area contributed by atoms with Crippen molar-refractivity contribution in [3.05, 3.63) is 78.1 Å². The molecular formula is C21H21F2N5. The summed E-state index contributed by atoms with van der Waals surface area (Å²) in [5.74, 6) is -0.210. The zero-order valence-corrected chi connectivity index (χ0v) is 15.4. The van der Waals surface area contributed by atoms with E-state index >= 15 is 0 Å². The highest BCUT2D eigenvalue weighted by atomic mass is 19.1. The zero-order chi connectivity index (χ0) is 19.3. The molecule has 1 aliphatic heterocycles. The molecule has 4 rings (SSSR count). The quantitative estimate of drug-likeness (QED) is 0.728. The molecule has 0 unspecified atom stereocenters. The molecule has 2 aromatic carbocycles. The fourth-order valence-corrected chi connectivity index (χ4v) is 3.31. The second-order valence-electron chi connectivity index (χ2n) is 6.73. The Hall–Kier alpha value is -3.06. The van der Waals surface area contributed by atoms with Crippen molar-refractivity contribution < 1.29 is 8.78 Å². The first-order chi connectivity index (χ1) is 13.7. The molecule has 144 valence electrons. The predicted molar refractivity (Wildman–Crippen MR) is 106 cm³/mol. The van der Waals surface area contributed by atoms with E-state index in [0.717, 1.165) is 38.5 Å². The van der Waals surface area contributed by atoms with Gasteiger partial charge in [-0.25, -0.2) is 18.7 Å². The Morgan fingerprint density at radius 2 is 1.57 bits per heavy atom. The van der Waals surface area contributed by atoms with E-state index in [1.165, 1.54) is 30.1 Å². The van der Waals surface area contributed by atoms with Gasteiger partial charge < -0.3 is 10.2 Å². The highest BCUT2D eigenvalue weighted by molar-refractivity contribution is 5.60. The van der Waals surface area contributed by atoms with Crippen molar-refractivity contribution in [3.63, 3.8) is 0 Å². The summed E-state index contributed by atoms with van der Waals surface area (Å²) in [7, 11) is 0. The Morgan fingerprint density at radius 1 is 0.857 bits per heavy atom. The van der Waals surface area contributed by atoms with Crippen LogP contribution in [0.25, 0.3) is 0 Å². The van der Waals surface area contributed by atoms with Crippen molar-refractivity contribution >= 4 is 17.3 Å². The minimum atomic E-state index is -0.658. The van der Waals surface area contributed by atoms with E-state index in [0.29, 0.717) is 5.82 Å². The molecule has 0 radical (unpaired) electrons. The topological polar surface area (TPSA) is 44.3 Å². The van der Waals surface area contributed by atoms with E-state index in [9.17, 15) is 8.78 Å². The minimum Gasteiger partial charge on any atom is -0.354 e. The fourth-order valence-electron chi connectivity index (χ4n) is 3.31. The van der Waals surface area contributed by atoms with Gasteiger partial charge >= 0.3 is 0 Å². The monoisotopic (exact) mass is 381 g/mol. The molecule has 0 spiro atoms. The number of piperazine rings is 1. The first kappa shape index (κ1) is 18.3. The summed E-state index contributed by atoms with van der Waals surface area (Å²) in [5, 5.41) is 2.72. The summed E-state index contributed by atoms with van der Waals surface area (Å²) in [6, 6.07) is 15.9. The molecule has 1 N–H and O–H groups in total. The first-order valence-electron chi connectivity index (χ1n) is 9.23. The number of benzene rings is 2. The van der Waals surface area contributed by atoms with Gasteiger partial charge in [-0.1, -0.05) is 36.4 Å². The number of halogens is 2. The maximum Gasteiger partial charge on any atom is 0.149 e. The molecule has 1 fully saturated rings. The summed E-state index contributed by atoms with van der Waals surface area (Å²) in [5.41, 5.74) is 1.09. The summed E-state index contributed by atoms with van der Waals surface area (Å²) in [6.45, 7) is 4.43. The van der Waals surface area contributed by atoms with Gasteiger partial charge in [0.1, 0.15) is 35.3 Å². The van der Waals surface area contributed by atoms with E-state index in [1.54, 1.807) is 6.07 Å². The van der Waals surface area contributed by atoms with E-state index < -0.39 is 11.6 Å². The number of aromatic nitrogens is 2. The molecule has 0 atom stereocenters. The normalized spacial score (nSPS) is 14.9. The third-order valence-corrected chi connectivity index (χ3v) is 4.81. The van der Waals surface area contributed by atoms with Gasteiger partial charge in [0.25, 0.3) is 0 Å². The smallest absolute Gasteiger partial charge is 0.149 e. The van der Waals surface area contributed by atoms with E-state index in [-0.39, 0.29) is 5.69 Å². The Morgan fingerprint density at radius 3 is 2.29 bits per heavy atom. The van der Waals surface area contributed by atoms with Crippen LogP contribution in [0.3, 0.4) is 0 Å². The van der Waals surface area contributed by atoms with Crippen molar-refractivity contribution in [3.8, 4) is 0 Å². The third-order valence-electron chi connectivity index (χ3n) is 4.81. The van der Waals surface area contributed by atoms with Crippen LogP contribution in [0, 0.1) is 11.6 Å². The molecular weight excluding hydrogens is 360 g/mol. The number of hydrogen-bond acceptors (Lipinski definition) is 5. The van der Waals surface area contributed by atoms with Crippen LogP contribution in [0.2, 0.25) is 0 Å². The summed E-state index contributed by atoms with van der Waals surface area (Å²) < 4.78 is 27.7. The van der Waals surface area contributed by atoms with Gasteiger partial charge in [-0.2, -0.15) is 0 Å². The Kier molecular flexibility index (Phi) is 5.43. The predicted octanol–water partition coefficient (Wildman–Crippen LogP) is 3.82. The van der Waals surface area contributed by atoms with Crippen LogP contribution in [0.4, 0.5) is 26.1 Å². The number of rotatable bonds is 5. The minimum absolute atomic E-state index is 0.208. The fraction of sp³-hybridized carbons (Fsp3) is 0.238. The van der Waals surface area contributed by atoms with Crippen LogP contribution in [0.5, 0.6) is 0 Å². The zero-order valence-electron chi connectivity index (χ0n) is 15.4. The third kappa shape index (κ3) is 4.26. The highest BCUT2D eigenvalue weighted by Gasteiger charge is 2.19. The SMILES string of the molecule is Fc1cccc(F)c1Nc1cc(N2CCN(Cc3ccccc3)CC2)ncn1. The number of para-hydroxylation sites is 1. The van der Waals surface area contributed by atoms with Crippen molar-refractivity contribution in [1.82, 2.24) is 14.9 Å². The lowest BCUT2D eigenvalue weighted by molar-refractivity contribution is 0.249. The number of nitrogens with one attached hydrogen (secondary N) is 1. The Bertz CT molecular complexity index is 907. The van der Waals surface area contributed by atoms with Gasteiger partial charge in [-0.15, -0.1) is 0 Å². The lowest BCUT2D eigenvalue weighted by atomic mass is 10.2. The standard InChI is InChI=1S/C21H21F2N5/c22-17-7-4-8-18(23)21(17)26-19-13-20(25-15-24-19)28-11-9-27(10-12-28)14-16-5-2-1-3-6-16/h1-8,13,15H,9-12,14H2,(H,24,25,26). The number of hydrogen-bond donors (Lipinski definition) is 1. The van der Waals surface area contributed by atoms with E-state index in [4.69, 9.17) is 0 Å². The van der Waals surface area contributed by atoms with E-state index in [2.05, 4.69) is 49.4 Å². The van der Waals surface area contributed by atoms with Crippen LogP contribution in [0.15, 0.2) is 60.9 Å².